The zero-order chi connectivity index (χ0) is 11.4. The summed E-state index contributed by atoms with van der Waals surface area (Å²) in [5.74, 6) is 0.0254. The smallest absolute Gasteiger partial charge is 0.120 e. The average molecular weight is 211 g/mol. The molecule has 15 heavy (non-hydrogen) atoms. The molecule has 4 heteroatoms. The van der Waals surface area contributed by atoms with Gasteiger partial charge in [-0.2, -0.15) is 0 Å². The number of hydrogen-bond acceptors (Lipinski definition) is 4. The highest BCUT2D eigenvalue weighted by molar-refractivity contribution is 5.40. The van der Waals surface area contributed by atoms with Gasteiger partial charge in [0.2, 0.25) is 0 Å². The standard InChI is InChI=1S/C11H17NO3/c1-2-3-10(15)11(12)8-6-7(13)4-5-9(8)14/h4-6,10-11,13-15H,2-3,12H2,1H3/t10-,11+/m0/s1. The molecule has 0 radical (unpaired) electrons. The van der Waals surface area contributed by atoms with Crippen LogP contribution in [0, 0.1) is 0 Å². The third-order valence-corrected chi connectivity index (χ3v) is 2.37. The van der Waals surface area contributed by atoms with E-state index in [1.54, 1.807) is 0 Å². The highest BCUT2D eigenvalue weighted by atomic mass is 16.3. The fourth-order valence-electron chi connectivity index (χ4n) is 1.49. The molecule has 2 atom stereocenters. The van der Waals surface area contributed by atoms with E-state index in [4.69, 9.17) is 5.73 Å². The van der Waals surface area contributed by atoms with Gasteiger partial charge < -0.3 is 21.1 Å². The molecule has 0 fully saturated rings. The van der Waals surface area contributed by atoms with Crippen LogP contribution in [0.3, 0.4) is 0 Å². The van der Waals surface area contributed by atoms with Crippen LogP contribution in [-0.4, -0.2) is 21.4 Å². The highest BCUT2D eigenvalue weighted by Crippen LogP contribution is 2.29. The van der Waals surface area contributed by atoms with Gasteiger partial charge in [0.25, 0.3) is 0 Å². The van der Waals surface area contributed by atoms with Crippen molar-refractivity contribution in [3.63, 3.8) is 0 Å². The van der Waals surface area contributed by atoms with Crippen LogP contribution in [0.15, 0.2) is 18.2 Å². The molecule has 0 unspecified atom stereocenters. The number of hydrogen-bond donors (Lipinski definition) is 4. The van der Waals surface area contributed by atoms with Gasteiger partial charge in [-0.15, -0.1) is 0 Å². The Bertz CT molecular complexity index is 328. The van der Waals surface area contributed by atoms with Crippen molar-refractivity contribution in [3.8, 4) is 11.5 Å². The Morgan fingerprint density at radius 1 is 1.33 bits per heavy atom. The van der Waals surface area contributed by atoms with Crippen molar-refractivity contribution in [1.82, 2.24) is 0 Å². The van der Waals surface area contributed by atoms with Gasteiger partial charge in [0.05, 0.1) is 12.1 Å². The van der Waals surface area contributed by atoms with Gasteiger partial charge in [-0.25, -0.2) is 0 Å². The summed E-state index contributed by atoms with van der Waals surface area (Å²) in [6, 6.07) is 3.44. The molecule has 0 saturated carbocycles. The topological polar surface area (TPSA) is 86.7 Å². The third-order valence-electron chi connectivity index (χ3n) is 2.37. The van der Waals surface area contributed by atoms with E-state index < -0.39 is 12.1 Å². The highest BCUT2D eigenvalue weighted by Gasteiger charge is 2.19. The predicted molar refractivity (Wildman–Crippen MR) is 57.6 cm³/mol. The Labute approximate surface area is 89.0 Å². The second-order valence-electron chi connectivity index (χ2n) is 3.62. The molecule has 0 aromatic heterocycles. The van der Waals surface area contributed by atoms with Gasteiger partial charge in [-0.3, -0.25) is 0 Å². The minimum absolute atomic E-state index is 0.00421. The lowest BCUT2D eigenvalue weighted by Gasteiger charge is -2.19. The number of phenols is 2. The quantitative estimate of drug-likeness (QED) is 0.565. The lowest BCUT2D eigenvalue weighted by atomic mass is 9.98. The van der Waals surface area contributed by atoms with E-state index in [1.165, 1.54) is 18.2 Å². The molecule has 1 aromatic rings. The Kier molecular flexibility index (Phi) is 3.94. The fraction of sp³-hybridized carbons (Fsp3) is 0.455. The van der Waals surface area contributed by atoms with Crippen molar-refractivity contribution in [1.29, 1.82) is 0 Å². The third kappa shape index (κ3) is 2.84. The predicted octanol–water partition coefficient (Wildman–Crippen LogP) is 1.26. The normalized spacial score (nSPS) is 14.9. The molecule has 0 aliphatic carbocycles. The Morgan fingerprint density at radius 3 is 2.60 bits per heavy atom. The summed E-state index contributed by atoms with van der Waals surface area (Å²) >= 11 is 0. The maximum atomic E-state index is 9.67. The number of aliphatic hydroxyl groups is 1. The van der Waals surface area contributed by atoms with Crippen molar-refractivity contribution >= 4 is 0 Å². The van der Waals surface area contributed by atoms with E-state index in [0.29, 0.717) is 12.0 Å². The van der Waals surface area contributed by atoms with Crippen LogP contribution in [0.1, 0.15) is 31.4 Å². The van der Waals surface area contributed by atoms with E-state index in [0.717, 1.165) is 6.42 Å². The molecule has 0 aliphatic rings. The SMILES string of the molecule is CCC[C@H](O)[C@H](N)c1cc(O)ccc1O. The van der Waals surface area contributed by atoms with E-state index in [2.05, 4.69) is 0 Å². The first kappa shape index (κ1) is 11.8. The molecule has 84 valence electrons. The van der Waals surface area contributed by atoms with Crippen molar-refractivity contribution in [2.45, 2.75) is 31.9 Å². The molecule has 0 amide bonds. The van der Waals surface area contributed by atoms with Crippen LogP contribution >= 0.6 is 0 Å². The van der Waals surface area contributed by atoms with Gasteiger partial charge in [-0.1, -0.05) is 13.3 Å². The summed E-state index contributed by atoms with van der Waals surface area (Å²) in [4.78, 5) is 0. The van der Waals surface area contributed by atoms with Crippen molar-refractivity contribution in [3.05, 3.63) is 23.8 Å². The summed E-state index contributed by atoms with van der Waals surface area (Å²) in [5, 5.41) is 28.4. The Hall–Kier alpha value is -1.26. The van der Waals surface area contributed by atoms with Gasteiger partial charge in [0, 0.05) is 5.56 Å². The van der Waals surface area contributed by atoms with E-state index in [9.17, 15) is 15.3 Å². The van der Waals surface area contributed by atoms with Gasteiger partial charge in [-0.05, 0) is 24.6 Å². The first-order valence-corrected chi connectivity index (χ1v) is 5.01. The van der Waals surface area contributed by atoms with E-state index in [-0.39, 0.29) is 11.5 Å². The number of nitrogens with two attached hydrogens (primary N) is 1. The average Bonchev–Trinajstić information content (AvgIpc) is 2.21. The summed E-state index contributed by atoms with van der Waals surface area (Å²) in [6.07, 6.45) is 0.674. The lowest BCUT2D eigenvalue weighted by Crippen LogP contribution is -2.25. The summed E-state index contributed by atoms with van der Waals surface area (Å²) < 4.78 is 0. The van der Waals surface area contributed by atoms with Crippen LogP contribution in [0.25, 0.3) is 0 Å². The van der Waals surface area contributed by atoms with Crippen LogP contribution in [0.4, 0.5) is 0 Å². The Balaban J connectivity index is 2.89. The first-order valence-electron chi connectivity index (χ1n) is 5.01. The molecular formula is C11H17NO3. The zero-order valence-corrected chi connectivity index (χ0v) is 8.72. The molecule has 1 rings (SSSR count). The van der Waals surface area contributed by atoms with Gasteiger partial charge in [0.15, 0.2) is 0 Å². The van der Waals surface area contributed by atoms with Gasteiger partial charge in [0.1, 0.15) is 11.5 Å². The number of rotatable bonds is 4. The first-order chi connectivity index (χ1) is 7.06. The van der Waals surface area contributed by atoms with Crippen LogP contribution in [-0.2, 0) is 0 Å². The van der Waals surface area contributed by atoms with E-state index >= 15 is 0 Å². The number of benzene rings is 1. The summed E-state index contributed by atoms with van der Waals surface area (Å²) in [5.41, 5.74) is 6.14. The molecule has 0 bridgehead atoms. The van der Waals surface area contributed by atoms with Crippen LogP contribution in [0.5, 0.6) is 11.5 Å². The maximum absolute atomic E-state index is 9.67. The molecule has 0 saturated heterocycles. The summed E-state index contributed by atoms with van der Waals surface area (Å²) in [6.45, 7) is 1.94. The monoisotopic (exact) mass is 211 g/mol. The minimum Gasteiger partial charge on any atom is -0.508 e. The molecular weight excluding hydrogens is 194 g/mol. The molecule has 4 nitrogen and oxygen atoms in total. The van der Waals surface area contributed by atoms with Crippen LogP contribution in [0.2, 0.25) is 0 Å². The summed E-state index contributed by atoms with van der Waals surface area (Å²) in [7, 11) is 0. The Morgan fingerprint density at radius 2 is 2.00 bits per heavy atom. The molecule has 5 N–H and O–H groups in total. The van der Waals surface area contributed by atoms with Crippen LogP contribution < -0.4 is 5.73 Å². The van der Waals surface area contributed by atoms with E-state index in [1.807, 2.05) is 6.92 Å². The second kappa shape index (κ2) is 5.00. The molecule has 0 aliphatic heterocycles. The number of aliphatic hydroxyl groups excluding tert-OH is 1. The number of aromatic hydroxyl groups is 2. The largest absolute Gasteiger partial charge is 0.508 e. The lowest BCUT2D eigenvalue weighted by molar-refractivity contribution is 0.133. The molecule has 0 heterocycles. The van der Waals surface area contributed by atoms with Crippen molar-refractivity contribution in [2.75, 3.05) is 0 Å². The molecule has 0 spiro atoms. The maximum Gasteiger partial charge on any atom is 0.120 e. The second-order valence-corrected chi connectivity index (χ2v) is 3.62. The van der Waals surface area contributed by atoms with Crippen molar-refractivity contribution in [2.24, 2.45) is 5.73 Å². The minimum atomic E-state index is -0.706. The molecule has 1 aromatic carbocycles. The van der Waals surface area contributed by atoms with Crippen molar-refractivity contribution < 1.29 is 15.3 Å². The number of phenolic OH excluding ortho intramolecular Hbond substituents is 2. The fourth-order valence-corrected chi connectivity index (χ4v) is 1.49. The zero-order valence-electron chi connectivity index (χ0n) is 8.72. The van der Waals surface area contributed by atoms with Gasteiger partial charge >= 0.3 is 0 Å².